The fourth-order valence-corrected chi connectivity index (χ4v) is 3.49. The lowest BCUT2D eigenvalue weighted by Gasteiger charge is -2.13. The zero-order valence-corrected chi connectivity index (χ0v) is 10.8. The Hall–Kier alpha value is -1.95. The van der Waals surface area contributed by atoms with E-state index in [0.29, 0.717) is 0 Å². The van der Waals surface area contributed by atoms with Gasteiger partial charge in [0.25, 0.3) is 0 Å². The average molecular weight is 306 g/mol. The molecule has 1 aromatic rings. The number of nitrogens with two attached hydrogens (primary N) is 1. The molecular formula is C11H9F3N2O3S. The van der Waals surface area contributed by atoms with Crippen molar-refractivity contribution in [2.45, 2.75) is 28.8 Å². The molecule has 0 saturated heterocycles. The third kappa shape index (κ3) is 2.51. The number of hydrogen-bond donors (Lipinski definition) is 1. The van der Waals surface area contributed by atoms with Gasteiger partial charge in [0.15, 0.2) is 14.6 Å². The predicted octanol–water partition coefficient (Wildman–Crippen LogP) is 2.00. The lowest BCUT2D eigenvalue weighted by Crippen LogP contribution is -2.22. The Morgan fingerprint density at radius 2 is 1.90 bits per heavy atom. The summed E-state index contributed by atoms with van der Waals surface area (Å²) in [6.45, 7) is 0. The highest BCUT2D eigenvalue weighted by Crippen LogP contribution is 2.47. The Morgan fingerprint density at radius 1 is 1.30 bits per heavy atom. The maximum Gasteiger partial charge on any atom is 0.573 e. The Balaban J connectivity index is 2.47. The first-order valence-corrected chi connectivity index (χ1v) is 6.90. The average Bonchev–Trinajstić information content (AvgIpc) is 3.06. The number of nitrogen functional groups attached to an aromatic ring is 1. The minimum Gasteiger partial charge on any atom is -0.406 e. The minimum atomic E-state index is -4.96. The lowest BCUT2D eigenvalue weighted by atomic mass is 10.3. The topological polar surface area (TPSA) is 93.2 Å². The monoisotopic (exact) mass is 306 g/mol. The van der Waals surface area contributed by atoms with Crippen LogP contribution in [-0.2, 0) is 9.84 Å². The number of anilines is 1. The number of sulfone groups is 1. The third-order valence-electron chi connectivity index (χ3n) is 2.87. The molecule has 0 bridgehead atoms. The van der Waals surface area contributed by atoms with Crippen molar-refractivity contribution >= 4 is 15.5 Å². The fourth-order valence-electron chi connectivity index (χ4n) is 1.72. The maximum atomic E-state index is 12.2. The van der Waals surface area contributed by atoms with Gasteiger partial charge in [0.2, 0.25) is 0 Å². The molecule has 0 amide bonds. The Morgan fingerprint density at radius 3 is 2.35 bits per heavy atom. The molecule has 2 N–H and O–H groups in total. The summed E-state index contributed by atoms with van der Waals surface area (Å²) in [6.07, 6.45) is -4.66. The zero-order valence-electron chi connectivity index (χ0n) is 9.94. The van der Waals surface area contributed by atoms with Crippen molar-refractivity contribution in [3.63, 3.8) is 0 Å². The quantitative estimate of drug-likeness (QED) is 0.862. The van der Waals surface area contributed by atoms with Crippen LogP contribution in [0.4, 0.5) is 18.9 Å². The second kappa shape index (κ2) is 4.28. The van der Waals surface area contributed by atoms with Gasteiger partial charge in [-0.2, -0.15) is 5.26 Å². The van der Waals surface area contributed by atoms with E-state index in [2.05, 4.69) is 4.74 Å². The molecule has 0 radical (unpaired) electrons. The van der Waals surface area contributed by atoms with Gasteiger partial charge in [0.1, 0.15) is 5.75 Å². The molecule has 0 unspecified atom stereocenters. The summed E-state index contributed by atoms with van der Waals surface area (Å²) >= 11 is 0. The molecule has 0 heterocycles. The van der Waals surface area contributed by atoms with Crippen molar-refractivity contribution in [1.82, 2.24) is 0 Å². The van der Waals surface area contributed by atoms with Crippen LogP contribution in [0.15, 0.2) is 23.1 Å². The van der Waals surface area contributed by atoms with Gasteiger partial charge in [-0.05, 0) is 25.0 Å². The van der Waals surface area contributed by atoms with E-state index in [-0.39, 0.29) is 18.5 Å². The Kier molecular flexibility index (Phi) is 3.09. The number of hydrogen-bond acceptors (Lipinski definition) is 5. The normalized spacial score (nSPS) is 17.3. The van der Waals surface area contributed by atoms with Gasteiger partial charge < -0.3 is 10.5 Å². The number of ether oxygens (including phenoxy) is 1. The molecule has 1 aliphatic carbocycles. The van der Waals surface area contributed by atoms with Crippen molar-refractivity contribution < 1.29 is 26.3 Å². The molecule has 20 heavy (non-hydrogen) atoms. The first kappa shape index (κ1) is 14.5. The Labute approximate surface area is 112 Å². The van der Waals surface area contributed by atoms with Gasteiger partial charge in [-0.3, -0.25) is 0 Å². The number of nitriles is 1. The summed E-state index contributed by atoms with van der Waals surface area (Å²) in [5.41, 5.74) is 5.19. The summed E-state index contributed by atoms with van der Waals surface area (Å²) in [5, 5.41) is 8.91. The second-order valence-electron chi connectivity index (χ2n) is 4.40. The molecular weight excluding hydrogens is 297 g/mol. The van der Waals surface area contributed by atoms with Gasteiger partial charge in [0, 0.05) is 11.8 Å². The molecule has 9 heteroatoms. The van der Waals surface area contributed by atoms with Crippen LogP contribution in [0.2, 0.25) is 0 Å². The summed E-state index contributed by atoms with van der Waals surface area (Å²) in [6, 6.07) is 4.27. The van der Waals surface area contributed by atoms with Crippen molar-refractivity contribution in [3.8, 4) is 11.8 Å². The van der Waals surface area contributed by atoms with Crippen LogP contribution in [-0.4, -0.2) is 19.5 Å². The number of benzene rings is 1. The van der Waals surface area contributed by atoms with E-state index in [9.17, 15) is 21.6 Å². The molecule has 1 fully saturated rings. The molecule has 2 rings (SSSR count). The van der Waals surface area contributed by atoms with Gasteiger partial charge in [-0.15, -0.1) is 13.2 Å². The predicted molar refractivity (Wildman–Crippen MR) is 62.3 cm³/mol. The van der Waals surface area contributed by atoms with Crippen LogP contribution in [0.1, 0.15) is 12.8 Å². The summed E-state index contributed by atoms with van der Waals surface area (Å²) in [4.78, 5) is -0.448. The zero-order chi connectivity index (χ0) is 15.2. The molecule has 1 aromatic carbocycles. The van der Waals surface area contributed by atoms with Gasteiger partial charge in [-0.1, -0.05) is 0 Å². The molecule has 1 saturated carbocycles. The molecule has 0 aliphatic heterocycles. The van der Waals surface area contributed by atoms with Gasteiger partial charge in [0.05, 0.1) is 11.0 Å². The van der Waals surface area contributed by atoms with Crippen LogP contribution < -0.4 is 10.5 Å². The fraction of sp³-hybridized carbons (Fsp3) is 0.364. The number of nitrogens with zero attached hydrogens (tertiary/aromatic N) is 1. The molecule has 1 aliphatic rings. The van der Waals surface area contributed by atoms with Gasteiger partial charge >= 0.3 is 6.36 Å². The molecule has 0 atom stereocenters. The van der Waals surface area contributed by atoms with Crippen molar-refractivity contribution in [2.75, 3.05) is 5.73 Å². The largest absolute Gasteiger partial charge is 0.573 e. The number of alkyl halides is 3. The molecule has 0 spiro atoms. The van der Waals surface area contributed by atoms with Crippen LogP contribution in [0.3, 0.4) is 0 Å². The highest BCUT2D eigenvalue weighted by Gasteiger charge is 2.56. The van der Waals surface area contributed by atoms with Crippen LogP contribution in [0, 0.1) is 11.3 Å². The molecule has 0 aromatic heterocycles. The molecule has 5 nitrogen and oxygen atoms in total. The highest BCUT2D eigenvalue weighted by atomic mass is 32.2. The lowest BCUT2D eigenvalue weighted by molar-refractivity contribution is -0.274. The van der Waals surface area contributed by atoms with Crippen molar-refractivity contribution in [2.24, 2.45) is 0 Å². The highest BCUT2D eigenvalue weighted by molar-refractivity contribution is 7.93. The van der Waals surface area contributed by atoms with Crippen LogP contribution in [0.25, 0.3) is 0 Å². The van der Waals surface area contributed by atoms with Crippen LogP contribution >= 0.6 is 0 Å². The van der Waals surface area contributed by atoms with E-state index in [0.717, 1.165) is 18.2 Å². The SMILES string of the molecule is N#CC1(S(=O)(=O)c2cc(N)cc(OC(F)(F)F)c2)CC1. The van der Waals surface area contributed by atoms with Gasteiger partial charge in [-0.25, -0.2) is 8.42 Å². The summed E-state index contributed by atoms with van der Waals surface area (Å²) < 4.78 is 63.0. The van der Waals surface area contributed by atoms with E-state index >= 15 is 0 Å². The van der Waals surface area contributed by atoms with E-state index < -0.39 is 31.6 Å². The first-order valence-electron chi connectivity index (χ1n) is 5.42. The number of halogens is 3. The van der Waals surface area contributed by atoms with E-state index in [1.807, 2.05) is 0 Å². The van der Waals surface area contributed by atoms with Crippen molar-refractivity contribution in [1.29, 1.82) is 5.26 Å². The summed E-state index contributed by atoms with van der Waals surface area (Å²) in [7, 11) is -4.07. The van der Waals surface area contributed by atoms with E-state index in [1.165, 1.54) is 0 Å². The van der Waals surface area contributed by atoms with E-state index in [1.54, 1.807) is 6.07 Å². The van der Waals surface area contributed by atoms with Crippen molar-refractivity contribution in [3.05, 3.63) is 18.2 Å². The minimum absolute atomic E-state index is 0.149. The van der Waals surface area contributed by atoms with Crippen LogP contribution in [0.5, 0.6) is 5.75 Å². The number of rotatable bonds is 3. The third-order valence-corrected chi connectivity index (χ3v) is 5.25. The first-order chi connectivity index (χ1) is 9.10. The summed E-state index contributed by atoms with van der Waals surface area (Å²) in [5.74, 6) is -0.732. The second-order valence-corrected chi connectivity index (χ2v) is 6.65. The van der Waals surface area contributed by atoms with E-state index in [4.69, 9.17) is 11.0 Å². The molecule has 108 valence electrons. The Bertz CT molecular complexity index is 688. The maximum absolute atomic E-state index is 12.2. The smallest absolute Gasteiger partial charge is 0.406 e. The standard InChI is InChI=1S/C11H9F3N2O3S/c12-11(13,14)19-8-3-7(16)4-9(5-8)20(17,18)10(6-15)1-2-10/h3-5H,1-2,16H2.